The summed E-state index contributed by atoms with van der Waals surface area (Å²) >= 11 is 0. The quantitative estimate of drug-likeness (QED) is 0.692. The van der Waals surface area contributed by atoms with Crippen LogP contribution in [0.15, 0.2) is 29.3 Å². The molecule has 0 aliphatic carbocycles. The van der Waals surface area contributed by atoms with E-state index >= 15 is 0 Å². The number of benzene rings is 1. The van der Waals surface area contributed by atoms with Crippen molar-refractivity contribution in [1.29, 1.82) is 0 Å². The number of hydrogen-bond donors (Lipinski definition) is 1. The Morgan fingerprint density at radius 2 is 1.91 bits per heavy atom. The Balaban J connectivity index is 2.17. The summed E-state index contributed by atoms with van der Waals surface area (Å²) in [6.07, 6.45) is -2.98. The van der Waals surface area contributed by atoms with Crippen LogP contribution < -0.4 is 5.49 Å². The fourth-order valence-electron chi connectivity index (χ4n) is 4.16. The minimum atomic E-state index is -4.69. The first kappa shape index (κ1) is 25.7. The smallest absolute Gasteiger partial charge is 0.416 e. The summed E-state index contributed by atoms with van der Waals surface area (Å²) in [4.78, 5) is 28.9. The molecule has 1 aliphatic rings. The van der Waals surface area contributed by atoms with Crippen LogP contribution in [0.1, 0.15) is 73.6 Å². The summed E-state index contributed by atoms with van der Waals surface area (Å²) in [7, 11) is 1.83. The van der Waals surface area contributed by atoms with Gasteiger partial charge in [0.1, 0.15) is 0 Å². The number of carboxylic acid groups (broad SMARTS) is 1. The number of ether oxygens (including phenoxy) is 1. The van der Waals surface area contributed by atoms with Crippen LogP contribution in [-0.4, -0.2) is 39.1 Å². The van der Waals surface area contributed by atoms with Crippen molar-refractivity contribution < 1.29 is 32.6 Å². The number of carboxylic acids is 1. The largest absolute Gasteiger partial charge is 0.481 e. The number of rotatable bonds is 5. The van der Waals surface area contributed by atoms with Gasteiger partial charge in [0.15, 0.2) is 5.49 Å². The van der Waals surface area contributed by atoms with Crippen LogP contribution in [0.3, 0.4) is 0 Å². The third-order valence-electron chi connectivity index (χ3n) is 6.07. The van der Waals surface area contributed by atoms with E-state index in [1.807, 2.05) is 32.5 Å². The number of aromatic nitrogens is 2. The van der Waals surface area contributed by atoms with Crippen LogP contribution in [0.25, 0.3) is 0 Å². The topological polar surface area (TPSA) is 85.8 Å². The van der Waals surface area contributed by atoms with Crippen molar-refractivity contribution in [2.24, 2.45) is 12.0 Å². The summed E-state index contributed by atoms with van der Waals surface area (Å²) in [6, 6.07) is 4.24. The minimum absolute atomic E-state index is 0.0214. The molecule has 1 amide bonds. The first-order valence-corrected chi connectivity index (χ1v) is 11.1. The van der Waals surface area contributed by atoms with Gasteiger partial charge in [-0.05, 0) is 37.5 Å². The Kier molecular flexibility index (Phi) is 7.12. The molecule has 1 aromatic heterocycles. The van der Waals surface area contributed by atoms with Gasteiger partial charge in [-0.1, -0.05) is 26.8 Å². The Morgan fingerprint density at radius 3 is 2.44 bits per heavy atom. The van der Waals surface area contributed by atoms with Gasteiger partial charge in [-0.25, -0.2) is 0 Å². The molecular formula is C24H30F3N3O4. The van der Waals surface area contributed by atoms with E-state index in [1.165, 1.54) is 6.92 Å². The van der Waals surface area contributed by atoms with Gasteiger partial charge in [0, 0.05) is 36.4 Å². The van der Waals surface area contributed by atoms with Gasteiger partial charge in [-0.2, -0.15) is 18.2 Å². The van der Waals surface area contributed by atoms with Crippen molar-refractivity contribution >= 4 is 11.9 Å². The summed E-state index contributed by atoms with van der Waals surface area (Å²) in [5, 5.41) is 9.41. The monoisotopic (exact) mass is 481 g/mol. The average molecular weight is 482 g/mol. The maximum absolute atomic E-state index is 13.3. The number of nitrogens with zero attached hydrogens (tertiary/aromatic N) is 3. The molecule has 2 aromatic rings. The molecule has 0 bridgehead atoms. The van der Waals surface area contributed by atoms with Crippen molar-refractivity contribution in [3.63, 3.8) is 0 Å². The molecule has 1 fully saturated rings. The van der Waals surface area contributed by atoms with Crippen LogP contribution in [0, 0.1) is 0 Å². The van der Waals surface area contributed by atoms with E-state index in [-0.39, 0.29) is 28.1 Å². The molecule has 1 saturated heterocycles. The van der Waals surface area contributed by atoms with Gasteiger partial charge in [0.05, 0.1) is 24.1 Å². The van der Waals surface area contributed by atoms with Crippen molar-refractivity contribution in [3.8, 4) is 0 Å². The Hall–Kier alpha value is -2.88. The molecule has 0 radical (unpaired) electrons. The third kappa shape index (κ3) is 5.43. The van der Waals surface area contributed by atoms with E-state index in [4.69, 9.17) is 4.74 Å². The second-order valence-corrected chi connectivity index (χ2v) is 9.66. The predicted molar refractivity (Wildman–Crippen MR) is 118 cm³/mol. The summed E-state index contributed by atoms with van der Waals surface area (Å²) < 4.78 is 49.4. The van der Waals surface area contributed by atoms with Crippen LogP contribution in [0.5, 0.6) is 0 Å². The number of amides is 1. The molecule has 1 aliphatic heterocycles. The molecule has 1 unspecified atom stereocenters. The van der Waals surface area contributed by atoms with Crippen LogP contribution >= 0.6 is 0 Å². The standard InChI is InChI=1S/C24H30F3N3O4/c1-14(22(32)33)17-9-8-15(24(25,26)27)11-18(17)21(31)28-20-12-19(23(2,3)4)29(5)30(20)13-16-7-6-10-34-16/h8-9,11-12,14,16H,6-7,10,13H2,1-5H3,(H,32,33)/b28-20+/t14?,16-/m1/s1. The zero-order chi connectivity index (χ0) is 25.4. The highest BCUT2D eigenvalue weighted by Crippen LogP contribution is 2.32. The maximum atomic E-state index is 13.3. The molecule has 34 heavy (non-hydrogen) atoms. The van der Waals surface area contributed by atoms with E-state index in [1.54, 1.807) is 10.7 Å². The van der Waals surface area contributed by atoms with E-state index < -0.39 is 29.5 Å². The van der Waals surface area contributed by atoms with Crippen molar-refractivity contribution in [1.82, 2.24) is 9.36 Å². The average Bonchev–Trinajstić information content (AvgIpc) is 3.35. The van der Waals surface area contributed by atoms with Crippen molar-refractivity contribution in [2.45, 2.75) is 70.7 Å². The normalized spacial score (nSPS) is 18.4. The molecule has 0 spiro atoms. The number of aliphatic carboxylic acids is 1. The van der Waals surface area contributed by atoms with E-state index in [0.29, 0.717) is 19.2 Å². The maximum Gasteiger partial charge on any atom is 0.416 e. The number of carbonyl (C=O) groups is 2. The van der Waals surface area contributed by atoms with Gasteiger partial charge >= 0.3 is 12.1 Å². The molecule has 7 nitrogen and oxygen atoms in total. The fourth-order valence-corrected chi connectivity index (χ4v) is 4.16. The highest BCUT2D eigenvalue weighted by atomic mass is 19.4. The zero-order valence-electron chi connectivity index (χ0n) is 19.9. The number of halogens is 3. The molecule has 2 atom stereocenters. The lowest BCUT2D eigenvalue weighted by Gasteiger charge is -2.21. The van der Waals surface area contributed by atoms with Gasteiger partial charge in [0.2, 0.25) is 0 Å². The van der Waals surface area contributed by atoms with E-state index in [0.717, 1.165) is 30.7 Å². The second kappa shape index (κ2) is 9.40. The lowest BCUT2D eigenvalue weighted by molar-refractivity contribution is -0.138. The number of carbonyl (C=O) groups excluding carboxylic acids is 1. The summed E-state index contributed by atoms with van der Waals surface area (Å²) in [5.74, 6) is -3.37. The summed E-state index contributed by atoms with van der Waals surface area (Å²) in [6.45, 7) is 8.41. The molecular weight excluding hydrogens is 451 g/mol. The van der Waals surface area contributed by atoms with Gasteiger partial charge in [0.25, 0.3) is 5.91 Å². The lowest BCUT2D eigenvalue weighted by Crippen LogP contribution is -2.30. The van der Waals surface area contributed by atoms with Crippen molar-refractivity contribution in [2.75, 3.05) is 6.61 Å². The van der Waals surface area contributed by atoms with E-state index in [2.05, 4.69) is 4.99 Å². The SMILES string of the molecule is CC(C(=O)O)c1ccc(C(F)(F)F)cc1C(=O)/N=c1\cc(C(C)(C)C)n(C)n1C[C@H]1CCCO1. The van der Waals surface area contributed by atoms with Crippen LogP contribution in [0.2, 0.25) is 0 Å². The Labute approximate surface area is 195 Å². The van der Waals surface area contributed by atoms with Crippen molar-refractivity contribution in [3.05, 3.63) is 52.1 Å². The summed E-state index contributed by atoms with van der Waals surface area (Å²) in [5.41, 5.74) is -0.577. The molecule has 1 N–H and O–H groups in total. The Morgan fingerprint density at radius 1 is 1.24 bits per heavy atom. The molecule has 0 saturated carbocycles. The minimum Gasteiger partial charge on any atom is -0.481 e. The molecule has 3 rings (SSSR count). The predicted octanol–water partition coefficient (Wildman–Crippen LogP) is 4.25. The first-order chi connectivity index (χ1) is 15.7. The zero-order valence-corrected chi connectivity index (χ0v) is 19.9. The second-order valence-electron chi connectivity index (χ2n) is 9.66. The van der Waals surface area contributed by atoms with Crippen LogP contribution in [0.4, 0.5) is 13.2 Å². The Bertz CT molecular complexity index is 1150. The molecule has 10 heteroatoms. The molecule has 1 aromatic carbocycles. The lowest BCUT2D eigenvalue weighted by atomic mass is 9.92. The van der Waals surface area contributed by atoms with E-state index in [9.17, 15) is 27.9 Å². The van der Waals surface area contributed by atoms with Gasteiger partial charge in [-0.15, -0.1) is 0 Å². The highest BCUT2D eigenvalue weighted by Gasteiger charge is 2.33. The highest BCUT2D eigenvalue weighted by molar-refractivity contribution is 5.98. The third-order valence-corrected chi connectivity index (χ3v) is 6.07. The van der Waals surface area contributed by atoms with Gasteiger partial charge < -0.3 is 9.84 Å². The molecule has 186 valence electrons. The number of alkyl halides is 3. The first-order valence-electron chi connectivity index (χ1n) is 11.1. The van der Waals surface area contributed by atoms with Crippen LogP contribution in [-0.2, 0) is 34.7 Å². The number of hydrogen-bond acceptors (Lipinski definition) is 3. The molecule has 2 heterocycles. The van der Waals surface area contributed by atoms with Gasteiger partial charge in [-0.3, -0.25) is 19.0 Å². The fraction of sp³-hybridized carbons (Fsp3) is 0.542.